The zero-order valence-corrected chi connectivity index (χ0v) is 19.5. The fourth-order valence-electron chi connectivity index (χ4n) is 3.65. The number of nitrogens with zero attached hydrogens (tertiary/aromatic N) is 3. The number of carbonyl (C=O) groups excluding carboxylic acids is 2. The minimum atomic E-state index is -0.569. The van der Waals surface area contributed by atoms with Crippen LogP contribution in [-0.2, 0) is 16.0 Å². The van der Waals surface area contributed by atoms with Gasteiger partial charge >= 0.3 is 0 Å². The Morgan fingerprint density at radius 1 is 1.00 bits per heavy atom. The highest BCUT2D eigenvalue weighted by Gasteiger charge is 2.35. The average Bonchev–Trinajstić information content (AvgIpc) is 2.82. The number of carbonyl (C=O) groups is 2. The molecule has 0 N–H and O–H groups in total. The average molecular weight is 446 g/mol. The number of nitriles is 1. The summed E-state index contributed by atoms with van der Waals surface area (Å²) in [4.78, 5) is 29.3. The molecule has 0 atom stereocenters. The highest BCUT2D eigenvalue weighted by Crippen LogP contribution is 2.30. The van der Waals surface area contributed by atoms with Crippen molar-refractivity contribution in [2.45, 2.75) is 13.3 Å². The lowest BCUT2D eigenvalue weighted by Gasteiger charge is -2.27. The Morgan fingerprint density at radius 2 is 1.67 bits per heavy atom. The van der Waals surface area contributed by atoms with E-state index in [1.165, 1.54) is 0 Å². The summed E-state index contributed by atoms with van der Waals surface area (Å²) in [5.74, 6) is 0.193. The lowest BCUT2D eigenvalue weighted by atomic mass is 9.93. The fourth-order valence-corrected chi connectivity index (χ4v) is 3.65. The van der Waals surface area contributed by atoms with Gasteiger partial charge in [-0.1, -0.05) is 18.2 Å². The zero-order valence-electron chi connectivity index (χ0n) is 19.5. The predicted octanol–water partition coefficient (Wildman–Crippen LogP) is 3.60. The van der Waals surface area contributed by atoms with Crippen molar-refractivity contribution in [2.75, 3.05) is 39.8 Å². The minimum absolute atomic E-state index is 0.0157. The third kappa shape index (κ3) is 4.90. The number of rotatable bonds is 7. The molecule has 33 heavy (non-hydrogen) atoms. The van der Waals surface area contributed by atoms with Crippen molar-refractivity contribution in [3.63, 3.8) is 0 Å². The number of amides is 2. The van der Waals surface area contributed by atoms with E-state index in [9.17, 15) is 14.9 Å². The van der Waals surface area contributed by atoms with Crippen LogP contribution in [0.4, 0.5) is 5.69 Å². The first-order valence-electron chi connectivity index (χ1n) is 10.5. The third-order valence-electron chi connectivity index (χ3n) is 5.62. The molecule has 0 unspecified atom stereocenters. The fraction of sp³-hybridized carbons (Fsp3) is 0.269. The molecule has 7 heteroatoms. The first kappa shape index (κ1) is 23.6. The molecule has 2 aromatic rings. The van der Waals surface area contributed by atoms with Crippen molar-refractivity contribution < 1.29 is 19.1 Å². The lowest BCUT2D eigenvalue weighted by molar-refractivity contribution is -0.140. The van der Waals surface area contributed by atoms with Crippen molar-refractivity contribution in [3.8, 4) is 17.6 Å². The first-order chi connectivity index (χ1) is 15.8. The number of ether oxygens (including phenoxy) is 2. The van der Waals surface area contributed by atoms with E-state index in [4.69, 9.17) is 9.47 Å². The Kier molecular flexibility index (Phi) is 7.19. The minimum Gasteiger partial charge on any atom is -0.493 e. The largest absolute Gasteiger partial charge is 0.493 e. The molecule has 0 aromatic heterocycles. The molecular formula is C26H27N3O4. The quantitative estimate of drug-likeness (QED) is 0.478. The molecule has 1 aliphatic rings. The van der Waals surface area contributed by atoms with Crippen molar-refractivity contribution in [3.05, 3.63) is 70.3 Å². The maximum Gasteiger partial charge on any atom is 0.271 e. The summed E-state index contributed by atoms with van der Waals surface area (Å²) in [7, 11) is 7.01. The number of benzene rings is 2. The van der Waals surface area contributed by atoms with Gasteiger partial charge in [-0.05, 0) is 60.4 Å². The van der Waals surface area contributed by atoms with Crippen LogP contribution >= 0.6 is 0 Å². The topological polar surface area (TPSA) is 82.9 Å². The van der Waals surface area contributed by atoms with E-state index in [-0.39, 0.29) is 12.1 Å². The number of hydrogen-bond donors (Lipinski definition) is 0. The van der Waals surface area contributed by atoms with E-state index in [0.29, 0.717) is 29.1 Å². The second-order valence-corrected chi connectivity index (χ2v) is 7.86. The number of anilines is 1. The molecule has 2 amide bonds. The van der Waals surface area contributed by atoms with E-state index >= 15 is 0 Å². The van der Waals surface area contributed by atoms with Gasteiger partial charge in [0.25, 0.3) is 11.8 Å². The summed E-state index contributed by atoms with van der Waals surface area (Å²) in [5, 5.41) is 9.60. The van der Waals surface area contributed by atoms with Gasteiger partial charge in [-0.3, -0.25) is 14.5 Å². The number of methoxy groups -OCH3 is 2. The molecule has 0 spiro atoms. The molecule has 0 saturated carbocycles. The molecule has 0 fully saturated rings. The molecular weight excluding hydrogens is 418 g/mol. The van der Waals surface area contributed by atoms with Gasteiger partial charge in [0.05, 0.1) is 14.2 Å². The van der Waals surface area contributed by atoms with Crippen LogP contribution in [0.15, 0.2) is 59.2 Å². The van der Waals surface area contributed by atoms with Crippen molar-refractivity contribution in [1.82, 2.24) is 4.90 Å². The van der Waals surface area contributed by atoms with Gasteiger partial charge in [-0.25, -0.2) is 0 Å². The standard InChI is InChI=1S/C26H27N3O4/c1-17-21(14-18-6-9-20(10-7-18)28(2)3)25(30)29(26(31)22(17)16-27)13-12-19-8-11-23(32-4)24(15-19)33-5/h6-11,14-15H,12-13H2,1-5H3/b21-14-. The van der Waals surface area contributed by atoms with Crippen molar-refractivity contribution >= 4 is 23.6 Å². The lowest BCUT2D eigenvalue weighted by Crippen LogP contribution is -2.43. The Labute approximate surface area is 194 Å². The van der Waals surface area contributed by atoms with E-state index in [1.54, 1.807) is 33.3 Å². The van der Waals surface area contributed by atoms with Crippen LogP contribution in [-0.4, -0.2) is 51.6 Å². The van der Waals surface area contributed by atoms with Crippen LogP contribution < -0.4 is 14.4 Å². The van der Waals surface area contributed by atoms with Crippen LogP contribution in [0.1, 0.15) is 18.1 Å². The van der Waals surface area contributed by atoms with Crippen LogP contribution in [0.25, 0.3) is 6.08 Å². The van der Waals surface area contributed by atoms with Crippen molar-refractivity contribution in [1.29, 1.82) is 5.26 Å². The van der Waals surface area contributed by atoms with Gasteiger partial charge in [0.15, 0.2) is 11.5 Å². The molecule has 0 radical (unpaired) electrons. The third-order valence-corrected chi connectivity index (χ3v) is 5.62. The molecule has 0 aliphatic carbocycles. The molecule has 170 valence electrons. The van der Waals surface area contributed by atoms with E-state index < -0.39 is 11.8 Å². The van der Waals surface area contributed by atoms with Crippen LogP contribution in [0.5, 0.6) is 11.5 Å². The number of imide groups is 1. The summed E-state index contributed by atoms with van der Waals surface area (Å²) in [6, 6.07) is 15.1. The van der Waals surface area contributed by atoms with Gasteiger partial charge in [0.2, 0.25) is 0 Å². The number of hydrogen-bond acceptors (Lipinski definition) is 6. The SMILES string of the molecule is COc1ccc(CCN2C(=O)C(C#N)=C(C)/C(=C/c3ccc(N(C)C)cc3)C2=O)cc1OC. The Bertz CT molecular complexity index is 1170. The Morgan fingerprint density at radius 3 is 2.24 bits per heavy atom. The van der Waals surface area contributed by atoms with E-state index in [0.717, 1.165) is 21.7 Å². The van der Waals surface area contributed by atoms with Gasteiger partial charge in [-0.2, -0.15) is 5.26 Å². The van der Waals surface area contributed by atoms with E-state index in [1.807, 2.05) is 61.5 Å². The van der Waals surface area contributed by atoms with Gasteiger partial charge in [0, 0.05) is 31.9 Å². The summed E-state index contributed by atoms with van der Waals surface area (Å²) < 4.78 is 10.6. The summed E-state index contributed by atoms with van der Waals surface area (Å²) in [5.41, 5.74) is 3.45. The maximum absolute atomic E-state index is 13.3. The van der Waals surface area contributed by atoms with Gasteiger partial charge in [-0.15, -0.1) is 0 Å². The second kappa shape index (κ2) is 10.0. The van der Waals surface area contributed by atoms with Crippen LogP contribution in [0.3, 0.4) is 0 Å². The summed E-state index contributed by atoms with van der Waals surface area (Å²) in [6.45, 7) is 1.78. The molecule has 0 saturated heterocycles. The van der Waals surface area contributed by atoms with Gasteiger partial charge < -0.3 is 14.4 Å². The Balaban J connectivity index is 1.90. The molecule has 2 aromatic carbocycles. The normalized spacial score (nSPS) is 15.0. The molecule has 1 aliphatic heterocycles. The molecule has 7 nitrogen and oxygen atoms in total. The monoisotopic (exact) mass is 445 g/mol. The second-order valence-electron chi connectivity index (χ2n) is 7.86. The summed E-state index contributed by atoms with van der Waals surface area (Å²) >= 11 is 0. The van der Waals surface area contributed by atoms with Gasteiger partial charge in [0.1, 0.15) is 11.6 Å². The Hall–Kier alpha value is -4.05. The smallest absolute Gasteiger partial charge is 0.271 e. The van der Waals surface area contributed by atoms with E-state index in [2.05, 4.69) is 0 Å². The predicted molar refractivity (Wildman–Crippen MR) is 127 cm³/mol. The first-order valence-corrected chi connectivity index (χ1v) is 10.5. The molecule has 1 heterocycles. The molecule has 0 bridgehead atoms. The maximum atomic E-state index is 13.3. The highest BCUT2D eigenvalue weighted by molar-refractivity contribution is 6.19. The van der Waals surface area contributed by atoms with Crippen LogP contribution in [0, 0.1) is 11.3 Å². The highest BCUT2D eigenvalue weighted by atomic mass is 16.5. The molecule has 3 rings (SSSR count). The van der Waals surface area contributed by atoms with Crippen molar-refractivity contribution in [2.24, 2.45) is 0 Å². The summed E-state index contributed by atoms with van der Waals surface area (Å²) in [6.07, 6.45) is 2.14. The van der Waals surface area contributed by atoms with Crippen LogP contribution in [0.2, 0.25) is 0 Å². The zero-order chi connectivity index (χ0) is 24.1.